The number of nitrogen functional groups attached to an aromatic ring is 1. The summed E-state index contributed by atoms with van der Waals surface area (Å²) in [7, 11) is 0. The molecule has 4 N–H and O–H groups in total. The number of aldehydes is 1. The third-order valence-electron chi connectivity index (χ3n) is 8.59. The molecule has 2 aliphatic carbocycles. The molecule has 4 heterocycles. The predicted octanol–water partition coefficient (Wildman–Crippen LogP) is 5.20. The maximum atomic E-state index is 13.1. The zero-order valence-electron chi connectivity index (χ0n) is 24.1. The van der Waals surface area contributed by atoms with Gasteiger partial charge in [-0.05, 0) is 91.4 Å². The van der Waals surface area contributed by atoms with Crippen molar-refractivity contribution in [2.45, 2.75) is 37.8 Å². The van der Waals surface area contributed by atoms with Crippen LogP contribution in [-0.2, 0) is 6.42 Å². The van der Waals surface area contributed by atoms with E-state index in [0.29, 0.717) is 40.7 Å². The van der Waals surface area contributed by atoms with Gasteiger partial charge in [0.15, 0.2) is 17.8 Å². The van der Waals surface area contributed by atoms with Crippen molar-refractivity contribution in [1.82, 2.24) is 34.6 Å². The number of carbonyl (C=O) groups excluding carboxylic acids is 2. The number of imidazole rings is 1. The number of amides is 1. The highest BCUT2D eigenvalue weighted by atomic mass is 16.3. The van der Waals surface area contributed by atoms with Crippen LogP contribution in [0.1, 0.15) is 63.2 Å². The number of hydrogen-bond donors (Lipinski definition) is 3. The van der Waals surface area contributed by atoms with E-state index in [2.05, 4.69) is 21.5 Å². The molecule has 1 fully saturated rings. The number of nitrogens with two attached hydrogens (primary N) is 1. The monoisotopic (exact) mass is 596 g/mol. The molecular weight excluding hydrogens is 568 g/mol. The first kappa shape index (κ1) is 26.8. The third-order valence-corrected chi connectivity index (χ3v) is 8.59. The molecule has 11 nitrogen and oxygen atoms in total. The van der Waals surface area contributed by atoms with Crippen LogP contribution >= 0.6 is 0 Å². The van der Waals surface area contributed by atoms with Crippen LogP contribution in [0.25, 0.3) is 39.5 Å². The standard InChI is InChI=1S/C34H28N8O3/c35-31-26(2-1-13-36-31)32-39-29-11-10-27(22-16-37-41(17-22)23-5-6-23)38-33(29)42(32)24-7-8-25-19(15-24)3-9-28(25)40-34(45)20-4-12-30(44)21(14-20)18-43/h1-2,4,7-8,10-18,23,28,44H,3,5-6,9H2,(H2,35,36)(H,40,45)/t28-/m0/s1. The Morgan fingerprint density at radius 2 is 1.93 bits per heavy atom. The molecule has 0 unspecified atom stereocenters. The summed E-state index contributed by atoms with van der Waals surface area (Å²) in [6, 6.07) is 18.4. The first-order chi connectivity index (χ1) is 22.0. The number of hydrogen-bond acceptors (Lipinski definition) is 8. The van der Waals surface area contributed by atoms with E-state index >= 15 is 0 Å². The largest absolute Gasteiger partial charge is 0.507 e. The number of carbonyl (C=O) groups is 2. The van der Waals surface area contributed by atoms with Crippen molar-refractivity contribution in [1.29, 1.82) is 0 Å². The number of phenolic OH excluding ortho intramolecular Hbond substituents is 1. The van der Waals surface area contributed by atoms with E-state index in [9.17, 15) is 14.7 Å². The van der Waals surface area contributed by atoms with Gasteiger partial charge in [-0.15, -0.1) is 0 Å². The minimum atomic E-state index is -0.309. The number of benzene rings is 2. The van der Waals surface area contributed by atoms with Crippen LogP contribution in [0, 0.1) is 0 Å². The fourth-order valence-corrected chi connectivity index (χ4v) is 6.08. The number of fused-ring (bicyclic) bond motifs is 2. The zero-order chi connectivity index (χ0) is 30.7. The number of phenols is 1. The summed E-state index contributed by atoms with van der Waals surface area (Å²) in [5.74, 6) is 0.539. The van der Waals surface area contributed by atoms with Gasteiger partial charge in [0.2, 0.25) is 0 Å². The molecule has 4 aromatic heterocycles. The molecular formula is C34H28N8O3. The van der Waals surface area contributed by atoms with Crippen molar-refractivity contribution in [3.63, 3.8) is 0 Å². The van der Waals surface area contributed by atoms with Gasteiger partial charge in [0.05, 0.1) is 35.1 Å². The first-order valence-corrected chi connectivity index (χ1v) is 14.8. The van der Waals surface area contributed by atoms with Crippen molar-refractivity contribution in [3.8, 4) is 34.1 Å². The summed E-state index contributed by atoms with van der Waals surface area (Å²) >= 11 is 0. The summed E-state index contributed by atoms with van der Waals surface area (Å²) in [5.41, 5.74) is 13.6. The normalized spacial score (nSPS) is 15.7. The second-order valence-electron chi connectivity index (χ2n) is 11.5. The average molecular weight is 597 g/mol. The summed E-state index contributed by atoms with van der Waals surface area (Å²) in [4.78, 5) is 38.7. The molecule has 2 aromatic carbocycles. The molecule has 8 rings (SSSR count). The van der Waals surface area contributed by atoms with Crippen LogP contribution in [0.5, 0.6) is 5.75 Å². The number of pyridine rings is 2. The highest BCUT2D eigenvalue weighted by Crippen LogP contribution is 2.37. The molecule has 45 heavy (non-hydrogen) atoms. The highest BCUT2D eigenvalue weighted by Gasteiger charge is 2.27. The summed E-state index contributed by atoms with van der Waals surface area (Å²) in [5, 5.41) is 17.5. The van der Waals surface area contributed by atoms with E-state index in [-0.39, 0.29) is 23.3 Å². The summed E-state index contributed by atoms with van der Waals surface area (Å²) in [6.45, 7) is 0. The van der Waals surface area contributed by atoms with Gasteiger partial charge in [-0.3, -0.25) is 18.8 Å². The van der Waals surface area contributed by atoms with E-state index in [4.69, 9.17) is 15.7 Å². The number of nitrogens with one attached hydrogen (secondary N) is 1. The topological polar surface area (TPSA) is 154 Å². The Bertz CT molecular complexity index is 2150. The van der Waals surface area contributed by atoms with E-state index < -0.39 is 0 Å². The van der Waals surface area contributed by atoms with Gasteiger partial charge in [-0.1, -0.05) is 6.07 Å². The Labute approximate surface area is 257 Å². The van der Waals surface area contributed by atoms with Gasteiger partial charge in [-0.25, -0.2) is 15.0 Å². The quantitative estimate of drug-likeness (QED) is 0.213. The van der Waals surface area contributed by atoms with Crippen molar-refractivity contribution >= 4 is 29.2 Å². The van der Waals surface area contributed by atoms with E-state index in [0.717, 1.165) is 59.3 Å². The zero-order valence-corrected chi connectivity index (χ0v) is 24.1. The van der Waals surface area contributed by atoms with E-state index in [1.807, 2.05) is 58.0 Å². The lowest BCUT2D eigenvalue weighted by Gasteiger charge is -2.16. The number of nitrogens with zero attached hydrogens (tertiary/aromatic N) is 6. The first-order valence-electron chi connectivity index (χ1n) is 14.8. The van der Waals surface area contributed by atoms with E-state index in [1.165, 1.54) is 18.2 Å². The van der Waals surface area contributed by atoms with Crippen molar-refractivity contribution in [3.05, 3.63) is 102 Å². The number of aromatic hydroxyl groups is 1. The van der Waals surface area contributed by atoms with Crippen LogP contribution in [0.15, 0.2) is 79.3 Å². The molecule has 0 saturated heterocycles. The van der Waals surface area contributed by atoms with Crippen molar-refractivity contribution < 1.29 is 14.7 Å². The smallest absolute Gasteiger partial charge is 0.251 e. The summed E-state index contributed by atoms with van der Waals surface area (Å²) in [6.07, 6.45) is 9.88. The third kappa shape index (κ3) is 4.69. The van der Waals surface area contributed by atoms with E-state index in [1.54, 1.807) is 6.20 Å². The molecule has 222 valence electrons. The number of anilines is 1. The van der Waals surface area contributed by atoms with Gasteiger partial charge in [0.1, 0.15) is 17.1 Å². The van der Waals surface area contributed by atoms with Gasteiger partial charge < -0.3 is 16.2 Å². The molecule has 2 aliphatic rings. The molecule has 1 atom stereocenters. The Morgan fingerprint density at radius 3 is 2.76 bits per heavy atom. The maximum absolute atomic E-state index is 13.1. The minimum Gasteiger partial charge on any atom is -0.507 e. The molecule has 0 bridgehead atoms. The van der Waals surface area contributed by atoms with Gasteiger partial charge in [-0.2, -0.15) is 5.10 Å². The number of aryl methyl sites for hydroxylation is 1. The minimum absolute atomic E-state index is 0.0743. The lowest BCUT2D eigenvalue weighted by molar-refractivity contribution is 0.0936. The Kier molecular flexibility index (Phi) is 6.19. The van der Waals surface area contributed by atoms with Gasteiger partial charge >= 0.3 is 0 Å². The van der Waals surface area contributed by atoms with Crippen LogP contribution < -0.4 is 11.1 Å². The predicted molar refractivity (Wildman–Crippen MR) is 168 cm³/mol. The van der Waals surface area contributed by atoms with Gasteiger partial charge in [0.25, 0.3) is 5.91 Å². The Morgan fingerprint density at radius 1 is 1.04 bits per heavy atom. The molecule has 0 radical (unpaired) electrons. The second-order valence-corrected chi connectivity index (χ2v) is 11.5. The van der Waals surface area contributed by atoms with Gasteiger partial charge in [0, 0.05) is 29.2 Å². The summed E-state index contributed by atoms with van der Waals surface area (Å²) < 4.78 is 4.03. The maximum Gasteiger partial charge on any atom is 0.251 e. The SMILES string of the molecule is Nc1ncccc1-c1nc2ccc(-c3cnn(C4CC4)c3)nc2n1-c1ccc2c(c1)CC[C@@H]2NC(=O)c1ccc(O)c(C=O)c1. The van der Waals surface area contributed by atoms with Crippen LogP contribution in [0.3, 0.4) is 0 Å². The fraction of sp³-hybridized carbons (Fsp3) is 0.176. The average Bonchev–Trinajstić information content (AvgIpc) is 3.47. The molecule has 0 aliphatic heterocycles. The molecule has 1 saturated carbocycles. The second kappa shape index (κ2) is 10.4. The molecule has 11 heteroatoms. The van der Waals surface area contributed by atoms with Crippen LogP contribution in [0.2, 0.25) is 0 Å². The highest BCUT2D eigenvalue weighted by molar-refractivity contribution is 5.96. The number of rotatable bonds is 7. The molecule has 1 amide bonds. The lowest BCUT2D eigenvalue weighted by Crippen LogP contribution is -2.27. The fourth-order valence-electron chi connectivity index (χ4n) is 6.08. The van der Waals surface area contributed by atoms with Crippen LogP contribution in [0.4, 0.5) is 5.82 Å². The Hall–Kier alpha value is -5.84. The van der Waals surface area contributed by atoms with Crippen molar-refractivity contribution in [2.75, 3.05) is 5.73 Å². The Balaban J connectivity index is 1.18. The molecule has 6 aromatic rings. The number of aromatic nitrogens is 6. The molecule has 0 spiro atoms. The van der Waals surface area contributed by atoms with Crippen molar-refractivity contribution in [2.24, 2.45) is 0 Å². The lowest BCUT2D eigenvalue weighted by atomic mass is 10.1. The van der Waals surface area contributed by atoms with Crippen LogP contribution in [-0.4, -0.2) is 46.6 Å².